The molecule has 0 amide bonds. The number of rotatable bonds is 6. The molecule has 2 heteroatoms. The normalized spacial score (nSPS) is 12.8. The van der Waals surface area contributed by atoms with Crippen LogP contribution in [0.25, 0.3) is 0 Å². The highest BCUT2D eigenvalue weighted by atomic mass is 16.5. The van der Waals surface area contributed by atoms with Gasteiger partial charge in [0, 0.05) is 0 Å². The van der Waals surface area contributed by atoms with E-state index in [1.54, 1.807) is 7.11 Å². The lowest BCUT2D eigenvalue weighted by molar-refractivity contribution is 0.361. The van der Waals surface area contributed by atoms with Crippen LogP contribution in [0.3, 0.4) is 0 Å². The van der Waals surface area contributed by atoms with Crippen molar-refractivity contribution in [3.05, 3.63) is 29.8 Å². The predicted octanol–water partition coefficient (Wildman–Crippen LogP) is 2.86. The van der Waals surface area contributed by atoms with Gasteiger partial charge >= 0.3 is 0 Å². The van der Waals surface area contributed by atoms with Crippen LogP contribution in [-0.2, 0) is 6.42 Å². The SMILES string of the molecule is COc1cccc(CC(CCN)C(C)C)c1. The zero-order valence-electron chi connectivity index (χ0n) is 10.6. The minimum atomic E-state index is 0.664. The summed E-state index contributed by atoms with van der Waals surface area (Å²) in [5.74, 6) is 2.28. The number of methoxy groups -OCH3 is 1. The van der Waals surface area contributed by atoms with E-state index in [1.807, 2.05) is 12.1 Å². The van der Waals surface area contributed by atoms with Crippen LogP contribution in [0.5, 0.6) is 5.75 Å². The topological polar surface area (TPSA) is 35.2 Å². The lowest BCUT2D eigenvalue weighted by atomic mass is 9.86. The maximum Gasteiger partial charge on any atom is 0.119 e. The molecule has 0 heterocycles. The Hall–Kier alpha value is -1.02. The summed E-state index contributed by atoms with van der Waals surface area (Å²) >= 11 is 0. The van der Waals surface area contributed by atoms with Crippen molar-refractivity contribution in [3.63, 3.8) is 0 Å². The minimum Gasteiger partial charge on any atom is -0.497 e. The summed E-state index contributed by atoms with van der Waals surface area (Å²) in [5, 5.41) is 0. The summed E-state index contributed by atoms with van der Waals surface area (Å²) in [4.78, 5) is 0. The first kappa shape index (κ1) is 13.0. The van der Waals surface area contributed by atoms with Crippen molar-refractivity contribution in [1.29, 1.82) is 0 Å². The molecule has 0 bridgehead atoms. The van der Waals surface area contributed by atoms with Crippen LogP contribution in [0, 0.1) is 11.8 Å². The summed E-state index contributed by atoms with van der Waals surface area (Å²) in [5.41, 5.74) is 6.99. The third kappa shape index (κ3) is 3.86. The van der Waals surface area contributed by atoms with Gasteiger partial charge in [-0.2, -0.15) is 0 Å². The van der Waals surface area contributed by atoms with Gasteiger partial charge in [0.15, 0.2) is 0 Å². The molecule has 0 spiro atoms. The molecule has 1 rings (SSSR count). The van der Waals surface area contributed by atoms with Gasteiger partial charge in [-0.1, -0.05) is 26.0 Å². The van der Waals surface area contributed by atoms with Crippen LogP contribution in [0.15, 0.2) is 24.3 Å². The molecule has 90 valence electrons. The molecule has 0 saturated heterocycles. The average molecular weight is 221 g/mol. The predicted molar refractivity (Wildman–Crippen MR) is 68.7 cm³/mol. The van der Waals surface area contributed by atoms with Gasteiger partial charge in [-0.15, -0.1) is 0 Å². The monoisotopic (exact) mass is 221 g/mol. The number of nitrogens with two attached hydrogens (primary N) is 1. The van der Waals surface area contributed by atoms with Crippen molar-refractivity contribution in [3.8, 4) is 5.75 Å². The molecule has 1 aromatic carbocycles. The number of benzene rings is 1. The van der Waals surface area contributed by atoms with Gasteiger partial charge in [0.2, 0.25) is 0 Å². The van der Waals surface area contributed by atoms with E-state index in [2.05, 4.69) is 26.0 Å². The third-order valence-electron chi connectivity index (χ3n) is 3.11. The minimum absolute atomic E-state index is 0.664. The first-order chi connectivity index (χ1) is 7.67. The first-order valence-corrected chi connectivity index (χ1v) is 6.00. The lowest BCUT2D eigenvalue weighted by Crippen LogP contribution is -2.16. The van der Waals surface area contributed by atoms with Gasteiger partial charge in [-0.3, -0.25) is 0 Å². The molecule has 0 aliphatic carbocycles. The Kier molecular flexibility index (Phi) is 5.33. The van der Waals surface area contributed by atoms with Crippen LogP contribution in [0.4, 0.5) is 0 Å². The zero-order valence-corrected chi connectivity index (χ0v) is 10.6. The van der Waals surface area contributed by atoms with Gasteiger partial charge < -0.3 is 10.5 Å². The Balaban J connectivity index is 2.68. The standard InChI is InChI=1S/C14H23NO/c1-11(2)13(7-8-15)9-12-5-4-6-14(10-12)16-3/h4-6,10-11,13H,7-9,15H2,1-3H3. The lowest BCUT2D eigenvalue weighted by Gasteiger charge is -2.20. The number of ether oxygens (including phenoxy) is 1. The molecule has 0 aliphatic heterocycles. The Bertz CT molecular complexity index is 309. The summed E-state index contributed by atoms with van der Waals surface area (Å²) < 4.78 is 5.23. The summed E-state index contributed by atoms with van der Waals surface area (Å²) in [6.07, 6.45) is 2.18. The zero-order chi connectivity index (χ0) is 12.0. The van der Waals surface area contributed by atoms with E-state index in [4.69, 9.17) is 10.5 Å². The highest BCUT2D eigenvalue weighted by Gasteiger charge is 2.13. The van der Waals surface area contributed by atoms with Gasteiger partial charge in [-0.05, 0) is 48.9 Å². The van der Waals surface area contributed by atoms with E-state index < -0.39 is 0 Å². The van der Waals surface area contributed by atoms with Crippen LogP contribution < -0.4 is 10.5 Å². The molecular weight excluding hydrogens is 198 g/mol. The molecule has 0 radical (unpaired) electrons. The Labute approximate surface area is 98.8 Å². The molecule has 0 fully saturated rings. The van der Waals surface area contributed by atoms with E-state index in [0.29, 0.717) is 11.8 Å². The second-order valence-electron chi connectivity index (χ2n) is 4.64. The van der Waals surface area contributed by atoms with E-state index in [0.717, 1.165) is 25.1 Å². The van der Waals surface area contributed by atoms with Crippen molar-refractivity contribution in [2.75, 3.05) is 13.7 Å². The van der Waals surface area contributed by atoms with E-state index in [1.165, 1.54) is 5.56 Å². The van der Waals surface area contributed by atoms with Crippen LogP contribution >= 0.6 is 0 Å². The molecule has 1 atom stereocenters. The number of hydrogen-bond acceptors (Lipinski definition) is 2. The molecule has 0 aromatic heterocycles. The Morgan fingerprint density at radius 3 is 2.62 bits per heavy atom. The van der Waals surface area contributed by atoms with Gasteiger partial charge in [0.25, 0.3) is 0 Å². The highest BCUT2D eigenvalue weighted by Crippen LogP contribution is 2.22. The fourth-order valence-corrected chi connectivity index (χ4v) is 1.99. The maximum absolute atomic E-state index is 5.65. The third-order valence-corrected chi connectivity index (χ3v) is 3.11. The highest BCUT2D eigenvalue weighted by molar-refractivity contribution is 5.28. The van der Waals surface area contributed by atoms with Crippen molar-refractivity contribution in [2.24, 2.45) is 17.6 Å². The van der Waals surface area contributed by atoms with Gasteiger partial charge in [0.1, 0.15) is 5.75 Å². The molecule has 16 heavy (non-hydrogen) atoms. The molecule has 1 aromatic rings. The van der Waals surface area contributed by atoms with Crippen molar-refractivity contribution < 1.29 is 4.74 Å². The summed E-state index contributed by atoms with van der Waals surface area (Å²) in [7, 11) is 1.71. The first-order valence-electron chi connectivity index (χ1n) is 6.00. The largest absolute Gasteiger partial charge is 0.497 e. The fraction of sp³-hybridized carbons (Fsp3) is 0.571. The summed E-state index contributed by atoms with van der Waals surface area (Å²) in [6.45, 7) is 5.30. The van der Waals surface area contributed by atoms with Gasteiger partial charge in [-0.25, -0.2) is 0 Å². The van der Waals surface area contributed by atoms with Gasteiger partial charge in [0.05, 0.1) is 7.11 Å². The molecule has 2 N–H and O–H groups in total. The fourth-order valence-electron chi connectivity index (χ4n) is 1.99. The van der Waals surface area contributed by atoms with Crippen LogP contribution in [-0.4, -0.2) is 13.7 Å². The molecule has 1 unspecified atom stereocenters. The van der Waals surface area contributed by atoms with Crippen LogP contribution in [0.1, 0.15) is 25.8 Å². The van der Waals surface area contributed by atoms with Crippen molar-refractivity contribution in [2.45, 2.75) is 26.7 Å². The van der Waals surface area contributed by atoms with Crippen molar-refractivity contribution >= 4 is 0 Å². The van der Waals surface area contributed by atoms with E-state index >= 15 is 0 Å². The second kappa shape index (κ2) is 6.54. The average Bonchev–Trinajstić information content (AvgIpc) is 2.28. The smallest absolute Gasteiger partial charge is 0.119 e. The Morgan fingerprint density at radius 1 is 1.31 bits per heavy atom. The molecular formula is C14H23NO. The molecule has 0 saturated carbocycles. The van der Waals surface area contributed by atoms with E-state index in [-0.39, 0.29) is 0 Å². The molecule has 0 aliphatic rings. The quantitative estimate of drug-likeness (QED) is 0.801. The van der Waals surface area contributed by atoms with E-state index in [9.17, 15) is 0 Å². The maximum atomic E-state index is 5.65. The molecule has 2 nitrogen and oxygen atoms in total. The summed E-state index contributed by atoms with van der Waals surface area (Å²) in [6, 6.07) is 8.31. The Morgan fingerprint density at radius 2 is 2.06 bits per heavy atom. The number of hydrogen-bond donors (Lipinski definition) is 1. The second-order valence-corrected chi connectivity index (χ2v) is 4.64. The van der Waals surface area contributed by atoms with Crippen LogP contribution in [0.2, 0.25) is 0 Å². The van der Waals surface area contributed by atoms with Crippen molar-refractivity contribution in [1.82, 2.24) is 0 Å².